The van der Waals surface area contributed by atoms with E-state index in [1.165, 1.54) is 5.56 Å². The SMILES string of the molecule is CC1(C)[C@H](N)[C@H]1c1ccc(Br)cc1. The second kappa shape index (κ2) is 2.82. The lowest BCUT2D eigenvalue weighted by molar-refractivity contribution is 0.599. The van der Waals surface area contributed by atoms with Gasteiger partial charge in [-0.2, -0.15) is 0 Å². The van der Waals surface area contributed by atoms with Crippen molar-refractivity contribution in [2.24, 2.45) is 11.1 Å². The zero-order chi connectivity index (χ0) is 9.64. The van der Waals surface area contributed by atoms with Gasteiger partial charge in [0.05, 0.1) is 0 Å². The van der Waals surface area contributed by atoms with Crippen molar-refractivity contribution in [2.45, 2.75) is 25.8 Å². The predicted molar refractivity (Wildman–Crippen MR) is 58.6 cm³/mol. The number of hydrogen-bond acceptors (Lipinski definition) is 1. The van der Waals surface area contributed by atoms with E-state index in [-0.39, 0.29) is 5.41 Å². The summed E-state index contributed by atoms with van der Waals surface area (Å²) in [7, 11) is 0. The predicted octanol–water partition coefficient (Wildman–Crippen LogP) is 2.90. The number of benzene rings is 1. The van der Waals surface area contributed by atoms with Gasteiger partial charge in [-0.3, -0.25) is 0 Å². The summed E-state index contributed by atoms with van der Waals surface area (Å²) in [4.78, 5) is 0. The minimum atomic E-state index is 0.286. The molecule has 13 heavy (non-hydrogen) atoms. The summed E-state index contributed by atoms with van der Waals surface area (Å²) in [5.41, 5.74) is 7.65. The molecule has 1 aromatic carbocycles. The lowest BCUT2D eigenvalue weighted by Crippen LogP contribution is -2.06. The summed E-state index contributed by atoms with van der Waals surface area (Å²) < 4.78 is 1.13. The van der Waals surface area contributed by atoms with Crippen LogP contribution in [0.5, 0.6) is 0 Å². The number of halogens is 1. The van der Waals surface area contributed by atoms with Gasteiger partial charge in [-0.25, -0.2) is 0 Å². The lowest BCUT2D eigenvalue weighted by atomic mass is 10.0. The first-order valence-electron chi connectivity index (χ1n) is 4.54. The Hall–Kier alpha value is -0.340. The van der Waals surface area contributed by atoms with Crippen LogP contribution < -0.4 is 5.73 Å². The Balaban J connectivity index is 2.25. The topological polar surface area (TPSA) is 26.0 Å². The van der Waals surface area contributed by atoms with E-state index in [1.807, 2.05) is 0 Å². The molecule has 0 bridgehead atoms. The highest BCUT2D eigenvalue weighted by atomic mass is 79.9. The summed E-state index contributed by atoms with van der Waals surface area (Å²) in [5, 5.41) is 0. The van der Waals surface area contributed by atoms with Crippen LogP contribution in [-0.2, 0) is 0 Å². The first kappa shape index (κ1) is 9.22. The van der Waals surface area contributed by atoms with Gasteiger partial charge in [-0.15, -0.1) is 0 Å². The molecule has 2 atom stereocenters. The number of hydrogen-bond donors (Lipinski definition) is 1. The first-order valence-corrected chi connectivity index (χ1v) is 5.34. The molecule has 0 saturated heterocycles. The molecule has 1 aliphatic rings. The molecule has 0 heterocycles. The van der Waals surface area contributed by atoms with E-state index in [4.69, 9.17) is 5.73 Å². The Labute approximate surface area is 87.5 Å². The molecule has 2 N–H and O–H groups in total. The van der Waals surface area contributed by atoms with E-state index in [9.17, 15) is 0 Å². The van der Waals surface area contributed by atoms with E-state index in [0.29, 0.717) is 12.0 Å². The summed E-state index contributed by atoms with van der Waals surface area (Å²) in [6, 6.07) is 8.80. The minimum Gasteiger partial charge on any atom is -0.327 e. The van der Waals surface area contributed by atoms with Crippen LogP contribution in [0, 0.1) is 5.41 Å². The average Bonchev–Trinajstić information content (AvgIpc) is 2.55. The molecule has 70 valence electrons. The van der Waals surface area contributed by atoms with Crippen molar-refractivity contribution in [3.8, 4) is 0 Å². The third-order valence-corrected chi connectivity index (χ3v) is 3.67. The minimum absolute atomic E-state index is 0.286. The molecule has 0 spiro atoms. The molecule has 2 heteroatoms. The number of nitrogens with two attached hydrogens (primary N) is 1. The molecule has 1 aromatic rings. The summed E-state index contributed by atoms with van der Waals surface area (Å²) in [5.74, 6) is 0.542. The molecular formula is C11H14BrN. The lowest BCUT2D eigenvalue weighted by Gasteiger charge is -2.02. The highest BCUT2D eigenvalue weighted by molar-refractivity contribution is 9.10. The van der Waals surface area contributed by atoms with Gasteiger partial charge in [-0.05, 0) is 23.1 Å². The van der Waals surface area contributed by atoms with Crippen molar-refractivity contribution in [3.05, 3.63) is 34.3 Å². The highest BCUT2D eigenvalue weighted by Crippen LogP contribution is 2.57. The van der Waals surface area contributed by atoms with Crippen LogP contribution in [-0.4, -0.2) is 6.04 Å². The second-order valence-corrected chi connectivity index (χ2v) is 5.29. The summed E-state index contributed by atoms with van der Waals surface area (Å²) in [6.45, 7) is 4.45. The van der Waals surface area contributed by atoms with Crippen LogP contribution in [0.1, 0.15) is 25.3 Å². The number of rotatable bonds is 1. The fourth-order valence-electron chi connectivity index (χ4n) is 1.98. The van der Waals surface area contributed by atoms with Crippen LogP contribution in [0.2, 0.25) is 0 Å². The Morgan fingerprint density at radius 3 is 2.08 bits per heavy atom. The fraction of sp³-hybridized carbons (Fsp3) is 0.455. The third-order valence-electron chi connectivity index (χ3n) is 3.14. The van der Waals surface area contributed by atoms with Gasteiger partial charge in [0.1, 0.15) is 0 Å². The summed E-state index contributed by atoms with van der Waals surface area (Å²) in [6.07, 6.45) is 0. The van der Waals surface area contributed by atoms with Gasteiger partial charge in [0.2, 0.25) is 0 Å². The summed E-state index contributed by atoms with van der Waals surface area (Å²) >= 11 is 3.43. The molecule has 2 rings (SSSR count). The molecule has 1 saturated carbocycles. The third kappa shape index (κ3) is 1.42. The van der Waals surface area contributed by atoms with Gasteiger partial charge >= 0.3 is 0 Å². The second-order valence-electron chi connectivity index (χ2n) is 4.38. The molecule has 0 unspecified atom stereocenters. The van der Waals surface area contributed by atoms with Crippen molar-refractivity contribution in [1.29, 1.82) is 0 Å². The molecule has 0 aromatic heterocycles. The van der Waals surface area contributed by atoms with Crippen LogP contribution in [0.3, 0.4) is 0 Å². The van der Waals surface area contributed by atoms with Gasteiger partial charge in [0.15, 0.2) is 0 Å². The van der Waals surface area contributed by atoms with Crippen LogP contribution >= 0.6 is 15.9 Å². The monoisotopic (exact) mass is 239 g/mol. The standard InChI is InChI=1S/C11H14BrN/c1-11(2)9(10(11)13)7-3-5-8(12)6-4-7/h3-6,9-10H,13H2,1-2H3/t9-,10-/m1/s1. The quantitative estimate of drug-likeness (QED) is 0.802. The van der Waals surface area contributed by atoms with Crippen molar-refractivity contribution >= 4 is 15.9 Å². The highest BCUT2D eigenvalue weighted by Gasteiger charge is 2.55. The van der Waals surface area contributed by atoms with Crippen LogP contribution in [0.15, 0.2) is 28.7 Å². The zero-order valence-corrected chi connectivity index (χ0v) is 9.51. The Morgan fingerprint density at radius 1 is 1.23 bits per heavy atom. The maximum absolute atomic E-state index is 6.00. The van der Waals surface area contributed by atoms with Gasteiger partial charge in [0.25, 0.3) is 0 Å². The molecule has 1 fully saturated rings. The van der Waals surface area contributed by atoms with Crippen LogP contribution in [0.25, 0.3) is 0 Å². The molecule has 1 nitrogen and oxygen atoms in total. The van der Waals surface area contributed by atoms with Gasteiger partial charge in [0, 0.05) is 16.4 Å². The van der Waals surface area contributed by atoms with E-state index in [2.05, 4.69) is 54.0 Å². The van der Waals surface area contributed by atoms with E-state index in [1.54, 1.807) is 0 Å². The maximum atomic E-state index is 6.00. The van der Waals surface area contributed by atoms with Crippen molar-refractivity contribution < 1.29 is 0 Å². The van der Waals surface area contributed by atoms with Gasteiger partial charge < -0.3 is 5.73 Å². The normalized spacial score (nSPS) is 30.2. The van der Waals surface area contributed by atoms with Crippen molar-refractivity contribution in [2.75, 3.05) is 0 Å². The zero-order valence-electron chi connectivity index (χ0n) is 7.92. The molecule has 1 aliphatic carbocycles. The largest absolute Gasteiger partial charge is 0.327 e. The first-order chi connectivity index (χ1) is 6.03. The Bertz CT molecular complexity index is 315. The van der Waals surface area contributed by atoms with E-state index in [0.717, 1.165) is 4.47 Å². The molecule has 0 radical (unpaired) electrons. The molecule has 0 aliphatic heterocycles. The van der Waals surface area contributed by atoms with Crippen molar-refractivity contribution in [1.82, 2.24) is 0 Å². The van der Waals surface area contributed by atoms with E-state index >= 15 is 0 Å². The molecular weight excluding hydrogens is 226 g/mol. The Morgan fingerprint density at radius 2 is 1.69 bits per heavy atom. The smallest absolute Gasteiger partial charge is 0.0175 e. The Kier molecular flexibility index (Phi) is 2.00. The van der Waals surface area contributed by atoms with Crippen LogP contribution in [0.4, 0.5) is 0 Å². The van der Waals surface area contributed by atoms with E-state index < -0.39 is 0 Å². The van der Waals surface area contributed by atoms with Gasteiger partial charge in [-0.1, -0.05) is 41.9 Å². The van der Waals surface area contributed by atoms with Crippen molar-refractivity contribution in [3.63, 3.8) is 0 Å². The molecule has 0 amide bonds. The maximum Gasteiger partial charge on any atom is 0.0175 e. The fourth-order valence-corrected chi connectivity index (χ4v) is 2.25. The average molecular weight is 240 g/mol.